The van der Waals surface area contributed by atoms with Gasteiger partial charge in [-0.3, -0.25) is 14.6 Å². The first-order chi connectivity index (χ1) is 10.0. The number of hydrogen-bond donors (Lipinski definition) is 2. The summed E-state index contributed by atoms with van der Waals surface area (Å²) in [5.41, 5.74) is 2.43. The van der Waals surface area contributed by atoms with Crippen LogP contribution in [-0.4, -0.2) is 29.0 Å². The fourth-order valence-corrected chi connectivity index (χ4v) is 2.14. The molecule has 5 nitrogen and oxygen atoms in total. The van der Waals surface area contributed by atoms with Crippen molar-refractivity contribution in [2.75, 3.05) is 7.05 Å². The Hall–Kier alpha value is -2.40. The molecule has 1 amide bonds. The largest absolute Gasteiger partial charge is 0.481 e. The zero-order valence-corrected chi connectivity index (χ0v) is 12.0. The van der Waals surface area contributed by atoms with E-state index in [2.05, 4.69) is 10.3 Å². The minimum atomic E-state index is -0.935. The molecule has 6 heteroatoms. The molecule has 0 aliphatic heterocycles. The van der Waals surface area contributed by atoms with Gasteiger partial charge in [0, 0.05) is 18.3 Å². The van der Waals surface area contributed by atoms with Crippen LogP contribution in [-0.2, 0) is 11.2 Å². The number of aliphatic carboxylic acids is 1. The van der Waals surface area contributed by atoms with E-state index >= 15 is 0 Å². The third-order valence-corrected chi connectivity index (χ3v) is 3.30. The van der Waals surface area contributed by atoms with Crippen molar-refractivity contribution in [3.05, 3.63) is 52.8 Å². The smallest absolute Gasteiger partial charge is 0.307 e. The van der Waals surface area contributed by atoms with Crippen LogP contribution in [0.25, 0.3) is 11.1 Å². The van der Waals surface area contributed by atoms with E-state index in [-0.39, 0.29) is 12.3 Å². The highest BCUT2D eigenvalue weighted by atomic mass is 35.5. The fourth-order valence-electron chi connectivity index (χ4n) is 1.90. The highest BCUT2D eigenvalue weighted by Crippen LogP contribution is 2.26. The van der Waals surface area contributed by atoms with Crippen molar-refractivity contribution in [3.63, 3.8) is 0 Å². The van der Waals surface area contributed by atoms with E-state index < -0.39 is 5.97 Å². The molecular weight excluding hydrogens is 292 g/mol. The molecule has 0 atom stereocenters. The first-order valence-electron chi connectivity index (χ1n) is 6.20. The number of nitrogens with one attached hydrogen (secondary N) is 1. The number of benzene rings is 1. The van der Waals surface area contributed by atoms with Gasteiger partial charge in [0.15, 0.2) is 0 Å². The van der Waals surface area contributed by atoms with Crippen molar-refractivity contribution in [2.24, 2.45) is 0 Å². The van der Waals surface area contributed by atoms with Crippen LogP contribution in [0.1, 0.15) is 16.1 Å². The van der Waals surface area contributed by atoms with Gasteiger partial charge in [0.25, 0.3) is 5.91 Å². The molecule has 2 aromatic rings. The Morgan fingerprint density at radius 2 is 1.95 bits per heavy atom. The summed E-state index contributed by atoms with van der Waals surface area (Å²) in [5.74, 6) is -1.21. The molecule has 0 aliphatic carbocycles. The normalized spacial score (nSPS) is 10.2. The number of carbonyl (C=O) groups excluding carboxylic acids is 1. The molecule has 1 aromatic carbocycles. The summed E-state index contributed by atoms with van der Waals surface area (Å²) in [6.07, 6.45) is 1.41. The summed E-state index contributed by atoms with van der Waals surface area (Å²) in [5, 5.41) is 11.7. The summed E-state index contributed by atoms with van der Waals surface area (Å²) in [7, 11) is 1.54. The Kier molecular flexibility index (Phi) is 4.55. The lowest BCUT2D eigenvalue weighted by atomic mass is 10.0. The third kappa shape index (κ3) is 3.58. The van der Waals surface area contributed by atoms with Crippen LogP contribution in [0.15, 0.2) is 36.5 Å². The topological polar surface area (TPSA) is 79.3 Å². The van der Waals surface area contributed by atoms with Gasteiger partial charge >= 0.3 is 5.97 Å². The lowest BCUT2D eigenvalue weighted by Gasteiger charge is -2.07. The standard InChI is InChI=1S/C15H13ClN2O3/c1-17-15(21)13-7-10(4-5-18-13)9-2-3-11(8-14(19)20)12(16)6-9/h2-7H,8H2,1H3,(H,17,21)(H,19,20). The molecule has 1 aromatic heterocycles. The highest BCUT2D eigenvalue weighted by Gasteiger charge is 2.10. The maximum atomic E-state index is 11.6. The zero-order chi connectivity index (χ0) is 15.4. The monoisotopic (exact) mass is 304 g/mol. The second kappa shape index (κ2) is 6.37. The SMILES string of the molecule is CNC(=O)c1cc(-c2ccc(CC(=O)O)c(Cl)c2)ccn1. The second-order valence-electron chi connectivity index (χ2n) is 4.39. The molecule has 0 aliphatic rings. The Balaban J connectivity index is 2.36. The van der Waals surface area contributed by atoms with E-state index in [9.17, 15) is 9.59 Å². The van der Waals surface area contributed by atoms with Crippen LogP contribution in [0.2, 0.25) is 5.02 Å². The predicted octanol–water partition coefficient (Wildman–Crippen LogP) is 2.39. The Morgan fingerprint density at radius 1 is 1.24 bits per heavy atom. The minimum absolute atomic E-state index is 0.126. The number of aromatic nitrogens is 1. The molecule has 0 bridgehead atoms. The van der Waals surface area contributed by atoms with Gasteiger partial charge in [-0.15, -0.1) is 0 Å². The van der Waals surface area contributed by atoms with Crippen molar-refractivity contribution in [3.8, 4) is 11.1 Å². The van der Waals surface area contributed by atoms with E-state index in [1.54, 1.807) is 36.5 Å². The quantitative estimate of drug-likeness (QED) is 0.909. The number of amides is 1. The highest BCUT2D eigenvalue weighted by molar-refractivity contribution is 6.31. The van der Waals surface area contributed by atoms with Crippen LogP contribution in [0.4, 0.5) is 0 Å². The molecule has 2 rings (SSSR count). The molecule has 0 fully saturated rings. The number of rotatable bonds is 4. The van der Waals surface area contributed by atoms with Crippen LogP contribution in [0.5, 0.6) is 0 Å². The lowest BCUT2D eigenvalue weighted by Crippen LogP contribution is -2.19. The van der Waals surface area contributed by atoms with Crippen LogP contribution in [0, 0.1) is 0 Å². The molecule has 0 unspecified atom stereocenters. The maximum Gasteiger partial charge on any atom is 0.307 e. The molecule has 108 valence electrons. The van der Waals surface area contributed by atoms with E-state index in [1.807, 2.05) is 0 Å². The first kappa shape index (κ1) is 15.0. The van der Waals surface area contributed by atoms with Crippen molar-refractivity contribution >= 4 is 23.5 Å². The number of carboxylic acid groups (broad SMARTS) is 1. The Bertz CT molecular complexity index is 701. The fraction of sp³-hybridized carbons (Fsp3) is 0.133. The van der Waals surface area contributed by atoms with E-state index in [0.29, 0.717) is 16.3 Å². The van der Waals surface area contributed by atoms with Crippen LogP contribution < -0.4 is 5.32 Å². The van der Waals surface area contributed by atoms with E-state index in [4.69, 9.17) is 16.7 Å². The van der Waals surface area contributed by atoms with Gasteiger partial charge in [0.1, 0.15) is 5.69 Å². The number of pyridine rings is 1. The van der Waals surface area contributed by atoms with Gasteiger partial charge in [0.05, 0.1) is 6.42 Å². The molecule has 0 radical (unpaired) electrons. The van der Waals surface area contributed by atoms with Crippen molar-refractivity contribution < 1.29 is 14.7 Å². The van der Waals surface area contributed by atoms with Gasteiger partial charge in [-0.25, -0.2) is 0 Å². The van der Waals surface area contributed by atoms with Gasteiger partial charge in [0.2, 0.25) is 0 Å². The number of hydrogen-bond acceptors (Lipinski definition) is 3. The third-order valence-electron chi connectivity index (χ3n) is 2.95. The van der Waals surface area contributed by atoms with Gasteiger partial charge < -0.3 is 10.4 Å². The summed E-state index contributed by atoms with van der Waals surface area (Å²) in [6.45, 7) is 0. The molecule has 0 spiro atoms. The van der Waals surface area contributed by atoms with Crippen LogP contribution in [0.3, 0.4) is 0 Å². The molecule has 1 heterocycles. The predicted molar refractivity (Wildman–Crippen MR) is 79.4 cm³/mol. The molecular formula is C15H13ClN2O3. The number of carbonyl (C=O) groups is 2. The van der Waals surface area contributed by atoms with E-state index in [1.165, 1.54) is 7.05 Å². The number of nitrogens with zero attached hydrogens (tertiary/aromatic N) is 1. The van der Waals surface area contributed by atoms with Crippen molar-refractivity contribution in [1.29, 1.82) is 0 Å². The first-order valence-corrected chi connectivity index (χ1v) is 6.58. The Labute approximate surface area is 126 Å². The lowest BCUT2D eigenvalue weighted by molar-refractivity contribution is -0.136. The average Bonchev–Trinajstić information content (AvgIpc) is 2.48. The maximum absolute atomic E-state index is 11.6. The summed E-state index contributed by atoms with van der Waals surface area (Å²) < 4.78 is 0. The van der Waals surface area contributed by atoms with E-state index in [0.717, 1.165) is 11.1 Å². The Morgan fingerprint density at radius 3 is 2.57 bits per heavy atom. The summed E-state index contributed by atoms with van der Waals surface area (Å²) in [4.78, 5) is 26.3. The number of halogens is 1. The van der Waals surface area contributed by atoms with Gasteiger partial charge in [-0.1, -0.05) is 23.7 Å². The van der Waals surface area contributed by atoms with Crippen molar-refractivity contribution in [1.82, 2.24) is 10.3 Å². The zero-order valence-electron chi connectivity index (χ0n) is 11.3. The van der Waals surface area contributed by atoms with Crippen LogP contribution >= 0.6 is 11.6 Å². The molecule has 0 saturated heterocycles. The summed E-state index contributed by atoms with van der Waals surface area (Å²) >= 11 is 6.09. The average molecular weight is 305 g/mol. The summed E-state index contributed by atoms with van der Waals surface area (Å²) in [6, 6.07) is 8.54. The number of carboxylic acids is 1. The molecule has 0 saturated carbocycles. The molecule has 2 N–H and O–H groups in total. The van der Waals surface area contributed by atoms with Crippen molar-refractivity contribution in [2.45, 2.75) is 6.42 Å². The van der Waals surface area contributed by atoms with Gasteiger partial charge in [-0.05, 0) is 34.9 Å². The van der Waals surface area contributed by atoms with Gasteiger partial charge in [-0.2, -0.15) is 0 Å². The second-order valence-corrected chi connectivity index (χ2v) is 4.79. The molecule has 21 heavy (non-hydrogen) atoms. The minimum Gasteiger partial charge on any atom is -0.481 e.